The molecule has 0 aliphatic rings. The second-order valence-electron chi connectivity index (χ2n) is 6.86. The first-order valence-corrected chi connectivity index (χ1v) is 10.7. The van der Waals surface area contributed by atoms with Crippen LogP contribution in [0.3, 0.4) is 0 Å². The average molecular weight is 440 g/mol. The lowest BCUT2D eigenvalue weighted by molar-refractivity contribution is 0.219. The molecule has 1 aromatic carbocycles. The molecule has 0 fully saturated rings. The van der Waals surface area contributed by atoms with Crippen molar-refractivity contribution in [2.45, 2.75) is 20.0 Å². The highest BCUT2D eigenvalue weighted by molar-refractivity contribution is 7.89. The van der Waals surface area contributed by atoms with Crippen LogP contribution >= 0.6 is 0 Å². The van der Waals surface area contributed by atoms with Gasteiger partial charge >= 0.3 is 6.03 Å². The Morgan fingerprint density at radius 1 is 1.20 bits per heavy atom. The highest BCUT2D eigenvalue weighted by Crippen LogP contribution is 2.21. The number of amides is 2. The summed E-state index contributed by atoms with van der Waals surface area (Å²) < 4.78 is 44.2. The molecular weight excluding hydrogens is 413 g/mol. The molecule has 0 aliphatic heterocycles. The quantitative estimate of drug-likeness (QED) is 0.553. The molecule has 11 heteroatoms. The van der Waals surface area contributed by atoms with Gasteiger partial charge in [-0.05, 0) is 32.0 Å². The zero-order valence-corrected chi connectivity index (χ0v) is 18.1. The topological polar surface area (TPSA) is 113 Å². The highest BCUT2D eigenvalue weighted by Gasteiger charge is 2.14. The Hall–Kier alpha value is -2.76. The molecule has 0 bridgehead atoms. The summed E-state index contributed by atoms with van der Waals surface area (Å²) in [6.07, 6.45) is 1.07. The Kier molecular flexibility index (Phi) is 8.09. The monoisotopic (exact) mass is 439 g/mol. The summed E-state index contributed by atoms with van der Waals surface area (Å²) >= 11 is 0. The number of rotatable bonds is 9. The number of carbonyl (C=O) groups excluding carboxylic acids is 1. The molecule has 0 aliphatic carbocycles. The molecule has 3 N–H and O–H groups in total. The van der Waals surface area contributed by atoms with E-state index in [2.05, 4.69) is 20.9 Å². The zero-order valence-electron chi connectivity index (χ0n) is 17.3. The van der Waals surface area contributed by atoms with Crippen LogP contribution in [0.5, 0.6) is 5.75 Å². The summed E-state index contributed by atoms with van der Waals surface area (Å²) in [5.74, 6) is -0.625. The SMILES string of the molecule is Cc1ccc(NC(=O)Nc2cc(F)cc(O[C@H](C)CNCS(=O)(=O)N(C)C)c2)cn1. The van der Waals surface area contributed by atoms with Gasteiger partial charge in [-0.25, -0.2) is 21.9 Å². The first-order valence-electron chi connectivity index (χ1n) is 9.14. The molecule has 1 heterocycles. The van der Waals surface area contributed by atoms with E-state index < -0.39 is 28.0 Å². The Bertz CT molecular complexity index is 967. The van der Waals surface area contributed by atoms with E-state index in [9.17, 15) is 17.6 Å². The summed E-state index contributed by atoms with van der Waals surface area (Å²) in [6, 6.07) is 6.71. The van der Waals surface area contributed by atoms with E-state index in [1.54, 1.807) is 19.1 Å². The molecule has 0 radical (unpaired) electrons. The number of hydrogen-bond donors (Lipinski definition) is 3. The first-order chi connectivity index (χ1) is 14.0. The number of hydrogen-bond acceptors (Lipinski definition) is 6. The zero-order chi connectivity index (χ0) is 22.3. The maximum Gasteiger partial charge on any atom is 0.323 e. The summed E-state index contributed by atoms with van der Waals surface area (Å²) in [4.78, 5) is 16.2. The van der Waals surface area contributed by atoms with Gasteiger partial charge in [0.25, 0.3) is 0 Å². The number of sulfonamides is 1. The minimum atomic E-state index is -3.37. The van der Waals surface area contributed by atoms with Crippen molar-refractivity contribution < 1.29 is 22.3 Å². The van der Waals surface area contributed by atoms with Crippen LogP contribution < -0.4 is 20.7 Å². The Morgan fingerprint density at radius 2 is 1.90 bits per heavy atom. The van der Waals surface area contributed by atoms with Crippen molar-refractivity contribution in [3.05, 3.63) is 48.0 Å². The lowest BCUT2D eigenvalue weighted by atomic mass is 10.3. The standard InChI is InChI=1S/C19H26FN5O4S/c1-13-5-6-16(11-22-13)23-19(26)24-17-7-15(20)8-18(9-17)29-14(2)10-21-12-30(27,28)25(3)4/h5-9,11,14,21H,10,12H2,1-4H3,(H2,23,24,26)/t14-/m1/s1. The second kappa shape index (κ2) is 10.3. The molecule has 0 saturated carbocycles. The van der Waals surface area contributed by atoms with Crippen LogP contribution in [0.25, 0.3) is 0 Å². The number of nitrogens with one attached hydrogen (secondary N) is 3. The van der Waals surface area contributed by atoms with Crippen LogP contribution in [0.2, 0.25) is 0 Å². The Morgan fingerprint density at radius 3 is 2.53 bits per heavy atom. The summed E-state index contributed by atoms with van der Waals surface area (Å²) in [6.45, 7) is 3.77. The normalized spacial score (nSPS) is 12.5. The molecule has 2 aromatic rings. The van der Waals surface area contributed by atoms with Crippen molar-refractivity contribution in [3.63, 3.8) is 0 Å². The number of urea groups is 1. The molecule has 1 atom stereocenters. The minimum absolute atomic E-state index is 0.201. The summed E-state index contributed by atoms with van der Waals surface area (Å²) in [5.41, 5.74) is 1.52. The van der Waals surface area contributed by atoms with E-state index in [1.807, 2.05) is 6.92 Å². The van der Waals surface area contributed by atoms with Gasteiger partial charge in [-0.2, -0.15) is 0 Å². The van der Waals surface area contributed by atoms with E-state index in [0.717, 1.165) is 16.1 Å². The predicted molar refractivity (Wildman–Crippen MR) is 114 cm³/mol. The van der Waals surface area contributed by atoms with Crippen LogP contribution in [0.4, 0.5) is 20.6 Å². The number of aryl methyl sites for hydroxylation is 1. The molecule has 0 saturated heterocycles. The van der Waals surface area contributed by atoms with Gasteiger partial charge < -0.3 is 15.4 Å². The number of halogens is 1. The fourth-order valence-electron chi connectivity index (χ4n) is 2.33. The van der Waals surface area contributed by atoms with Crippen molar-refractivity contribution in [1.82, 2.24) is 14.6 Å². The number of aromatic nitrogens is 1. The number of anilines is 2. The van der Waals surface area contributed by atoms with Gasteiger partial charge in [-0.1, -0.05) is 0 Å². The first kappa shape index (κ1) is 23.5. The number of benzene rings is 1. The van der Waals surface area contributed by atoms with Gasteiger partial charge in [0.15, 0.2) is 0 Å². The second-order valence-corrected chi connectivity index (χ2v) is 9.05. The average Bonchev–Trinajstić information content (AvgIpc) is 2.62. The van der Waals surface area contributed by atoms with Crippen molar-refractivity contribution >= 4 is 27.4 Å². The molecule has 9 nitrogen and oxygen atoms in total. The highest BCUT2D eigenvalue weighted by atomic mass is 32.2. The third-order valence-electron chi connectivity index (χ3n) is 3.91. The largest absolute Gasteiger partial charge is 0.489 e. The van der Waals surface area contributed by atoms with Gasteiger partial charge in [0.2, 0.25) is 10.0 Å². The molecule has 0 spiro atoms. The number of pyridine rings is 1. The fourth-order valence-corrected chi connectivity index (χ4v) is 2.97. The van der Waals surface area contributed by atoms with Gasteiger partial charge in [0, 0.05) is 44.2 Å². The lowest BCUT2D eigenvalue weighted by Gasteiger charge is -2.18. The number of nitrogens with zero attached hydrogens (tertiary/aromatic N) is 2. The third-order valence-corrected chi connectivity index (χ3v) is 5.59. The maximum atomic E-state index is 13.9. The van der Waals surface area contributed by atoms with Crippen molar-refractivity contribution in [3.8, 4) is 5.75 Å². The van der Waals surface area contributed by atoms with E-state index in [1.165, 1.54) is 32.4 Å². The van der Waals surface area contributed by atoms with E-state index in [4.69, 9.17) is 4.74 Å². The molecule has 2 rings (SSSR count). The van der Waals surface area contributed by atoms with Crippen LogP contribution in [0.1, 0.15) is 12.6 Å². The predicted octanol–water partition coefficient (Wildman–Crippen LogP) is 2.38. The molecule has 0 unspecified atom stereocenters. The van der Waals surface area contributed by atoms with Gasteiger partial charge in [-0.15, -0.1) is 0 Å². The van der Waals surface area contributed by atoms with Crippen LogP contribution in [0.15, 0.2) is 36.5 Å². The summed E-state index contributed by atoms with van der Waals surface area (Å²) in [5, 5.41) is 7.92. The number of carbonyl (C=O) groups is 1. The molecule has 1 aromatic heterocycles. The maximum absolute atomic E-state index is 13.9. The van der Waals surface area contributed by atoms with Gasteiger partial charge in [-0.3, -0.25) is 10.3 Å². The van der Waals surface area contributed by atoms with Crippen molar-refractivity contribution in [2.24, 2.45) is 0 Å². The molecular formula is C19H26FN5O4S. The van der Waals surface area contributed by atoms with E-state index in [-0.39, 0.29) is 23.9 Å². The van der Waals surface area contributed by atoms with Crippen molar-refractivity contribution in [2.75, 3.05) is 37.2 Å². The van der Waals surface area contributed by atoms with Crippen molar-refractivity contribution in [1.29, 1.82) is 0 Å². The fraction of sp³-hybridized carbons (Fsp3) is 0.368. The summed E-state index contributed by atoms with van der Waals surface area (Å²) in [7, 11) is -0.478. The Labute approximate surface area is 175 Å². The third kappa shape index (κ3) is 7.58. The minimum Gasteiger partial charge on any atom is -0.489 e. The van der Waals surface area contributed by atoms with Crippen LogP contribution in [-0.2, 0) is 10.0 Å². The molecule has 164 valence electrons. The number of ether oxygens (including phenoxy) is 1. The van der Waals surface area contributed by atoms with E-state index >= 15 is 0 Å². The van der Waals surface area contributed by atoms with Gasteiger partial charge in [0.05, 0.1) is 11.9 Å². The molecule has 2 amide bonds. The van der Waals surface area contributed by atoms with Gasteiger partial charge in [0.1, 0.15) is 23.5 Å². The van der Waals surface area contributed by atoms with Crippen LogP contribution in [-0.4, -0.2) is 56.4 Å². The smallest absolute Gasteiger partial charge is 0.323 e. The molecule has 30 heavy (non-hydrogen) atoms. The lowest BCUT2D eigenvalue weighted by Crippen LogP contribution is -2.37. The Balaban J connectivity index is 1.92. The van der Waals surface area contributed by atoms with Crippen LogP contribution in [0, 0.1) is 12.7 Å². The van der Waals surface area contributed by atoms with E-state index in [0.29, 0.717) is 5.69 Å².